The topological polar surface area (TPSA) is 45.3 Å². The van der Waals surface area contributed by atoms with Crippen molar-refractivity contribution in [2.45, 2.75) is 19.5 Å². The number of methoxy groups -OCH3 is 2. The van der Waals surface area contributed by atoms with Crippen LogP contribution in [0.5, 0.6) is 11.5 Å². The highest BCUT2D eigenvalue weighted by molar-refractivity contribution is 6.42. The summed E-state index contributed by atoms with van der Waals surface area (Å²) in [5, 5.41) is 1.17. The fourth-order valence-electron chi connectivity index (χ4n) is 4.39. The number of amides is 1. The number of ether oxygens (including phenoxy) is 2. The maximum absolute atomic E-state index is 13.0. The Hall–Kier alpha value is -1.41. The highest BCUT2D eigenvalue weighted by Crippen LogP contribution is 2.33. The lowest BCUT2D eigenvalue weighted by Crippen LogP contribution is -2.50. The Balaban J connectivity index is 0.00000204. The summed E-state index contributed by atoms with van der Waals surface area (Å²) in [6.45, 7) is 6.26. The molecule has 2 aliphatic rings. The third-order valence-corrected chi connectivity index (χ3v) is 7.02. The van der Waals surface area contributed by atoms with Crippen molar-refractivity contribution < 1.29 is 14.3 Å². The Morgan fingerprint density at radius 2 is 1.47 bits per heavy atom. The molecule has 2 aliphatic heterocycles. The van der Waals surface area contributed by atoms with E-state index in [-0.39, 0.29) is 30.7 Å². The molecule has 2 aromatic rings. The number of carbonyl (C=O) groups is 1. The van der Waals surface area contributed by atoms with E-state index in [9.17, 15) is 4.79 Å². The predicted octanol–water partition coefficient (Wildman–Crippen LogP) is 4.56. The molecule has 2 heterocycles. The van der Waals surface area contributed by atoms with Crippen LogP contribution in [0.4, 0.5) is 0 Å². The summed E-state index contributed by atoms with van der Waals surface area (Å²) in [7, 11) is 3.28. The molecular formula is C24H31Cl4N3O3. The SMILES string of the molecule is COc1cc2c(cc1OC)CN(C(=O)CN1CCN(Cc3ccc(Cl)c(Cl)c3)CC1)CC2.Cl.Cl. The van der Waals surface area contributed by atoms with Gasteiger partial charge in [0.25, 0.3) is 0 Å². The van der Waals surface area contributed by atoms with Crippen molar-refractivity contribution in [2.75, 3.05) is 53.5 Å². The predicted molar refractivity (Wildman–Crippen MR) is 141 cm³/mol. The van der Waals surface area contributed by atoms with Crippen molar-refractivity contribution in [3.8, 4) is 11.5 Å². The van der Waals surface area contributed by atoms with E-state index in [0.29, 0.717) is 28.9 Å². The van der Waals surface area contributed by atoms with Crippen LogP contribution in [0.25, 0.3) is 0 Å². The van der Waals surface area contributed by atoms with Gasteiger partial charge >= 0.3 is 0 Å². The molecule has 1 amide bonds. The van der Waals surface area contributed by atoms with E-state index < -0.39 is 0 Å². The van der Waals surface area contributed by atoms with Gasteiger partial charge in [-0.3, -0.25) is 14.6 Å². The first-order valence-corrected chi connectivity index (χ1v) is 11.6. The average molecular weight is 551 g/mol. The van der Waals surface area contributed by atoms with Gasteiger partial charge in [-0.1, -0.05) is 29.3 Å². The van der Waals surface area contributed by atoms with Gasteiger partial charge in [0.1, 0.15) is 0 Å². The van der Waals surface area contributed by atoms with Crippen LogP contribution in [-0.2, 0) is 24.3 Å². The molecule has 34 heavy (non-hydrogen) atoms. The van der Waals surface area contributed by atoms with Crippen LogP contribution in [0.3, 0.4) is 0 Å². The Labute approximate surface area is 223 Å². The molecule has 1 fully saturated rings. The van der Waals surface area contributed by atoms with Crippen LogP contribution in [-0.4, -0.2) is 74.1 Å². The third kappa shape index (κ3) is 6.84. The van der Waals surface area contributed by atoms with Gasteiger partial charge in [-0.05, 0) is 47.4 Å². The number of carbonyl (C=O) groups excluding carboxylic acids is 1. The number of hydrogen-bond donors (Lipinski definition) is 0. The first-order valence-electron chi connectivity index (χ1n) is 10.9. The molecule has 1 saturated heterocycles. The minimum atomic E-state index is 0. The van der Waals surface area contributed by atoms with Gasteiger partial charge in [-0.2, -0.15) is 0 Å². The minimum Gasteiger partial charge on any atom is -0.493 e. The van der Waals surface area contributed by atoms with Crippen molar-refractivity contribution in [1.29, 1.82) is 0 Å². The molecule has 2 aromatic carbocycles. The number of halogens is 4. The number of nitrogens with zero attached hydrogens (tertiary/aromatic N) is 3. The first-order chi connectivity index (χ1) is 15.5. The van der Waals surface area contributed by atoms with Gasteiger partial charge in [0.05, 0.1) is 30.8 Å². The molecule has 10 heteroatoms. The summed E-state index contributed by atoms with van der Waals surface area (Å²) in [5.74, 6) is 1.63. The number of piperazine rings is 1. The standard InChI is InChI=1S/C24H29Cl2N3O3.2ClH/c1-31-22-12-18-5-6-29(15-19(18)13-23(22)32-2)24(30)16-28-9-7-27(8-10-28)14-17-3-4-20(25)21(26)11-17;;/h3-4,11-13H,5-10,14-16H2,1-2H3;2*1H. The summed E-state index contributed by atoms with van der Waals surface area (Å²) in [4.78, 5) is 19.6. The smallest absolute Gasteiger partial charge is 0.237 e. The van der Waals surface area contributed by atoms with E-state index in [2.05, 4.69) is 9.80 Å². The second kappa shape index (κ2) is 13.1. The second-order valence-electron chi connectivity index (χ2n) is 8.34. The van der Waals surface area contributed by atoms with Gasteiger partial charge in [-0.15, -0.1) is 24.8 Å². The van der Waals surface area contributed by atoms with Gasteiger partial charge in [0.2, 0.25) is 5.91 Å². The van der Waals surface area contributed by atoms with Gasteiger partial charge in [0.15, 0.2) is 11.5 Å². The normalized spacial score (nSPS) is 16.2. The lowest BCUT2D eigenvalue weighted by molar-refractivity contribution is -0.133. The Morgan fingerprint density at radius 1 is 0.853 bits per heavy atom. The average Bonchev–Trinajstić information content (AvgIpc) is 2.81. The molecule has 0 atom stereocenters. The van der Waals surface area contributed by atoms with E-state index in [0.717, 1.165) is 62.6 Å². The molecule has 6 nitrogen and oxygen atoms in total. The van der Waals surface area contributed by atoms with Gasteiger partial charge in [0, 0.05) is 45.8 Å². The molecule has 0 aromatic heterocycles. The fourth-order valence-corrected chi connectivity index (χ4v) is 4.71. The fraction of sp³-hybridized carbons (Fsp3) is 0.458. The zero-order valence-corrected chi connectivity index (χ0v) is 22.5. The summed E-state index contributed by atoms with van der Waals surface area (Å²) >= 11 is 12.1. The number of fused-ring (bicyclic) bond motifs is 1. The lowest BCUT2D eigenvalue weighted by Gasteiger charge is -2.36. The minimum absolute atomic E-state index is 0. The molecule has 0 bridgehead atoms. The van der Waals surface area contributed by atoms with Crippen LogP contribution in [0.1, 0.15) is 16.7 Å². The summed E-state index contributed by atoms with van der Waals surface area (Å²) < 4.78 is 10.8. The maximum Gasteiger partial charge on any atom is 0.237 e. The Morgan fingerprint density at radius 3 is 2.09 bits per heavy atom. The van der Waals surface area contributed by atoms with Crippen molar-refractivity contribution in [1.82, 2.24) is 14.7 Å². The molecule has 0 saturated carbocycles. The quantitative estimate of drug-likeness (QED) is 0.527. The zero-order chi connectivity index (χ0) is 22.7. The third-order valence-electron chi connectivity index (χ3n) is 6.28. The van der Waals surface area contributed by atoms with Crippen LogP contribution in [0.15, 0.2) is 30.3 Å². The molecule has 4 rings (SSSR count). The van der Waals surface area contributed by atoms with E-state index in [1.807, 2.05) is 35.2 Å². The van der Waals surface area contributed by atoms with Crippen molar-refractivity contribution in [3.63, 3.8) is 0 Å². The second-order valence-corrected chi connectivity index (χ2v) is 9.16. The summed E-state index contributed by atoms with van der Waals surface area (Å²) in [6, 6.07) is 9.82. The van der Waals surface area contributed by atoms with E-state index in [4.69, 9.17) is 32.7 Å². The van der Waals surface area contributed by atoms with Crippen LogP contribution < -0.4 is 9.47 Å². The number of benzene rings is 2. The Kier molecular flexibility index (Phi) is 11.1. The lowest BCUT2D eigenvalue weighted by atomic mass is 9.98. The maximum atomic E-state index is 13.0. The molecular weight excluding hydrogens is 520 g/mol. The molecule has 188 valence electrons. The van der Waals surface area contributed by atoms with Crippen molar-refractivity contribution in [3.05, 3.63) is 57.1 Å². The largest absolute Gasteiger partial charge is 0.493 e. The van der Waals surface area contributed by atoms with Gasteiger partial charge in [-0.25, -0.2) is 0 Å². The van der Waals surface area contributed by atoms with E-state index >= 15 is 0 Å². The Bertz CT molecular complexity index is 984. The number of hydrogen-bond acceptors (Lipinski definition) is 5. The van der Waals surface area contributed by atoms with Crippen LogP contribution in [0, 0.1) is 0 Å². The van der Waals surface area contributed by atoms with Crippen LogP contribution >= 0.6 is 48.0 Å². The van der Waals surface area contributed by atoms with E-state index in [1.54, 1.807) is 14.2 Å². The van der Waals surface area contributed by atoms with Gasteiger partial charge < -0.3 is 14.4 Å². The number of rotatable bonds is 6. The first kappa shape index (κ1) is 28.8. The molecule has 0 aliphatic carbocycles. The highest BCUT2D eigenvalue weighted by Gasteiger charge is 2.26. The van der Waals surface area contributed by atoms with E-state index in [1.165, 1.54) is 5.56 Å². The van der Waals surface area contributed by atoms with Crippen LogP contribution in [0.2, 0.25) is 10.0 Å². The summed E-state index contributed by atoms with van der Waals surface area (Å²) in [6.07, 6.45) is 0.832. The highest BCUT2D eigenvalue weighted by atomic mass is 35.5. The molecule has 0 radical (unpaired) electrons. The molecule has 0 spiro atoms. The monoisotopic (exact) mass is 549 g/mol. The molecule has 0 N–H and O–H groups in total. The van der Waals surface area contributed by atoms with Crippen molar-refractivity contribution >= 4 is 53.9 Å². The zero-order valence-electron chi connectivity index (χ0n) is 19.4. The summed E-state index contributed by atoms with van der Waals surface area (Å²) in [5.41, 5.74) is 3.51. The molecule has 0 unspecified atom stereocenters. The van der Waals surface area contributed by atoms with Crippen molar-refractivity contribution in [2.24, 2.45) is 0 Å².